The van der Waals surface area contributed by atoms with Crippen LogP contribution in [0.25, 0.3) is 6.08 Å². The fourth-order valence-corrected chi connectivity index (χ4v) is 1.98. The number of hydrogen-bond donors (Lipinski definition) is 1. The average Bonchev–Trinajstić information content (AvgIpc) is 2.83. The molecule has 1 aliphatic heterocycles. The maximum absolute atomic E-state index is 13.6. The molecule has 0 atom stereocenters. The quantitative estimate of drug-likeness (QED) is 0.846. The first kappa shape index (κ1) is 13.2. The van der Waals surface area contributed by atoms with E-state index >= 15 is 0 Å². The molecule has 2 aromatic carbocycles. The Morgan fingerprint density at radius 1 is 1.05 bits per heavy atom. The molecule has 3 nitrogen and oxygen atoms in total. The van der Waals surface area contributed by atoms with Gasteiger partial charge in [-0.2, -0.15) is 0 Å². The number of aliphatic imine (C=N–C) groups is 1. The summed E-state index contributed by atoms with van der Waals surface area (Å²) in [7, 11) is 0. The predicted molar refractivity (Wildman–Crippen MR) is 75.5 cm³/mol. The zero-order valence-corrected chi connectivity index (χ0v) is 10.8. The van der Waals surface area contributed by atoms with Gasteiger partial charge in [-0.15, -0.1) is 0 Å². The van der Waals surface area contributed by atoms with Gasteiger partial charge in [0.2, 0.25) is 0 Å². The Balaban J connectivity index is 1.98. The Labute approximate surface area is 119 Å². The molecular weight excluding hydrogens is 274 g/mol. The van der Waals surface area contributed by atoms with Gasteiger partial charge in [0, 0.05) is 11.1 Å². The van der Waals surface area contributed by atoms with Crippen LogP contribution < -0.4 is 5.32 Å². The number of carbonyl (C=O) groups is 1. The van der Waals surface area contributed by atoms with Crippen LogP contribution in [0.5, 0.6) is 0 Å². The van der Waals surface area contributed by atoms with E-state index in [-0.39, 0.29) is 17.1 Å². The Morgan fingerprint density at radius 3 is 2.62 bits per heavy atom. The summed E-state index contributed by atoms with van der Waals surface area (Å²) in [4.78, 5) is 15.9. The molecule has 2 aromatic rings. The van der Waals surface area contributed by atoms with Gasteiger partial charge >= 0.3 is 0 Å². The van der Waals surface area contributed by atoms with Gasteiger partial charge < -0.3 is 5.32 Å². The molecule has 1 aliphatic rings. The number of carbonyl (C=O) groups excluding carboxylic acids is 1. The first-order valence-electron chi connectivity index (χ1n) is 6.26. The highest BCUT2D eigenvalue weighted by Gasteiger charge is 2.21. The minimum Gasteiger partial charge on any atom is -0.305 e. The maximum atomic E-state index is 13.6. The summed E-state index contributed by atoms with van der Waals surface area (Å²) >= 11 is 0. The van der Waals surface area contributed by atoms with Gasteiger partial charge in [-0.05, 0) is 24.3 Å². The summed E-state index contributed by atoms with van der Waals surface area (Å²) in [6, 6.07) is 11.8. The molecule has 0 bridgehead atoms. The number of amidine groups is 1. The van der Waals surface area contributed by atoms with E-state index in [1.165, 1.54) is 30.3 Å². The third-order valence-electron chi connectivity index (χ3n) is 2.99. The second-order valence-corrected chi connectivity index (χ2v) is 4.48. The molecule has 0 unspecified atom stereocenters. The highest BCUT2D eigenvalue weighted by molar-refractivity contribution is 6.19. The molecule has 3 rings (SSSR count). The molecule has 0 aliphatic carbocycles. The molecule has 1 N–H and O–H groups in total. The lowest BCUT2D eigenvalue weighted by molar-refractivity contribution is -0.115. The topological polar surface area (TPSA) is 41.5 Å². The van der Waals surface area contributed by atoms with Crippen molar-refractivity contribution in [1.82, 2.24) is 5.32 Å². The van der Waals surface area contributed by atoms with Crippen LogP contribution in [-0.4, -0.2) is 11.7 Å². The van der Waals surface area contributed by atoms with Crippen LogP contribution >= 0.6 is 0 Å². The Hall–Kier alpha value is -2.82. The summed E-state index contributed by atoms with van der Waals surface area (Å²) in [5.41, 5.74) is 0.812. The zero-order chi connectivity index (χ0) is 14.8. The van der Waals surface area contributed by atoms with Crippen molar-refractivity contribution in [2.24, 2.45) is 4.99 Å². The van der Waals surface area contributed by atoms with E-state index in [4.69, 9.17) is 0 Å². The highest BCUT2D eigenvalue weighted by atomic mass is 19.1. The largest absolute Gasteiger partial charge is 0.305 e. The lowest BCUT2D eigenvalue weighted by Gasteiger charge is -1.99. The number of nitrogens with one attached hydrogen (secondary N) is 1. The molecular formula is C16H10F2N2O. The fraction of sp³-hybridized carbons (Fsp3) is 0. The van der Waals surface area contributed by atoms with Gasteiger partial charge in [0.05, 0.1) is 0 Å². The van der Waals surface area contributed by atoms with Gasteiger partial charge in [0.25, 0.3) is 5.91 Å². The fourth-order valence-electron chi connectivity index (χ4n) is 1.98. The van der Waals surface area contributed by atoms with Crippen LogP contribution in [0, 0.1) is 11.6 Å². The van der Waals surface area contributed by atoms with Crippen molar-refractivity contribution in [1.29, 1.82) is 0 Å². The van der Waals surface area contributed by atoms with Crippen molar-refractivity contribution < 1.29 is 13.6 Å². The molecule has 0 fully saturated rings. The average molecular weight is 284 g/mol. The van der Waals surface area contributed by atoms with Crippen LogP contribution in [0.2, 0.25) is 0 Å². The molecule has 104 valence electrons. The van der Waals surface area contributed by atoms with Gasteiger partial charge in [0.15, 0.2) is 0 Å². The third kappa shape index (κ3) is 2.72. The van der Waals surface area contributed by atoms with E-state index in [2.05, 4.69) is 10.3 Å². The smallest absolute Gasteiger partial charge is 0.275 e. The van der Waals surface area contributed by atoms with E-state index in [1.807, 2.05) is 0 Å². The Kier molecular flexibility index (Phi) is 3.31. The molecule has 0 saturated carbocycles. The minimum absolute atomic E-state index is 0.0827. The second kappa shape index (κ2) is 5.28. The highest BCUT2D eigenvalue weighted by Crippen LogP contribution is 2.17. The molecule has 1 amide bonds. The summed E-state index contributed by atoms with van der Waals surface area (Å²) in [5, 5.41) is 2.54. The van der Waals surface area contributed by atoms with Crippen LogP contribution in [0.1, 0.15) is 11.1 Å². The van der Waals surface area contributed by atoms with Crippen LogP contribution in [-0.2, 0) is 4.79 Å². The van der Waals surface area contributed by atoms with Crippen molar-refractivity contribution in [3.05, 3.63) is 77.0 Å². The van der Waals surface area contributed by atoms with Crippen LogP contribution in [0.4, 0.5) is 8.78 Å². The summed E-state index contributed by atoms with van der Waals surface area (Å²) in [6.07, 6.45) is 1.36. The van der Waals surface area contributed by atoms with Crippen molar-refractivity contribution in [3.63, 3.8) is 0 Å². The predicted octanol–water partition coefficient (Wildman–Crippen LogP) is 2.88. The van der Waals surface area contributed by atoms with Crippen molar-refractivity contribution >= 4 is 17.8 Å². The molecule has 0 radical (unpaired) electrons. The first-order chi connectivity index (χ1) is 10.1. The maximum Gasteiger partial charge on any atom is 0.275 e. The Morgan fingerprint density at radius 2 is 1.86 bits per heavy atom. The van der Waals surface area contributed by atoms with E-state index in [9.17, 15) is 13.6 Å². The summed E-state index contributed by atoms with van der Waals surface area (Å²) in [5.74, 6) is -1.05. The number of amides is 1. The van der Waals surface area contributed by atoms with Gasteiger partial charge in [-0.3, -0.25) is 4.79 Å². The molecule has 5 heteroatoms. The van der Waals surface area contributed by atoms with Crippen molar-refractivity contribution in [2.75, 3.05) is 0 Å². The standard InChI is InChI=1S/C16H10F2N2O/c17-12-6-3-5-11(8-12)15-19-14(16(21)20-15)9-10-4-1-2-7-13(10)18/h1-9H,(H,19,20,21)/b14-9-. The van der Waals surface area contributed by atoms with Crippen LogP contribution in [0.3, 0.4) is 0 Å². The lowest BCUT2D eigenvalue weighted by atomic mass is 10.2. The summed E-state index contributed by atoms with van der Waals surface area (Å²) in [6.45, 7) is 0. The van der Waals surface area contributed by atoms with Crippen LogP contribution in [0.15, 0.2) is 59.2 Å². The van der Waals surface area contributed by atoms with Gasteiger partial charge in [-0.25, -0.2) is 13.8 Å². The zero-order valence-electron chi connectivity index (χ0n) is 10.8. The first-order valence-corrected chi connectivity index (χ1v) is 6.26. The number of nitrogens with zero attached hydrogens (tertiary/aromatic N) is 1. The van der Waals surface area contributed by atoms with Crippen molar-refractivity contribution in [3.8, 4) is 0 Å². The lowest BCUT2D eigenvalue weighted by Crippen LogP contribution is -2.24. The second-order valence-electron chi connectivity index (χ2n) is 4.48. The van der Waals surface area contributed by atoms with E-state index < -0.39 is 17.5 Å². The SMILES string of the molecule is O=C1NC(c2cccc(F)c2)=N/C1=C\c1ccccc1F. The molecule has 0 saturated heterocycles. The number of rotatable bonds is 2. The van der Waals surface area contributed by atoms with E-state index in [1.54, 1.807) is 24.3 Å². The summed E-state index contributed by atoms with van der Waals surface area (Å²) < 4.78 is 26.8. The third-order valence-corrected chi connectivity index (χ3v) is 2.99. The minimum atomic E-state index is -0.447. The van der Waals surface area contributed by atoms with Gasteiger partial charge in [-0.1, -0.05) is 30.3 Å². The van der Waals surface area contributed by atoms with E-state index in [0.29, 0.717) is 5.56 Å². The van der Waals surface area contributed by atoms with Crippen molar-refractivity contribution in [2.45, 2.75) is 0 Å². The molecule has 0 spiro atoms. The number of benzene rings is 2. The monoisotopic (exact) mass is 284 g/mol. The number of halogens is 2. The molecule has 21 heavy (non-hydrogen) atoms. The number of hydrogen-bond acceptors (Lipinski definition) is 2. The van der Waals surface area contributed by atoms with E-state index in [0.717, 1.165) is 0 Å². The normalized spacial score (nSPS) is 16.0. The molecule has 0 aromatic heterocycles. The van der Waals surface area contributed by atoms with Gasteiger partial charge in [0.1, 0.15) is 23.2 Å². The molecule has 1 heterocycles. The Bertz CT molecular complexity index is 781.